The van der Waals surface area contributed by atoms with Gasteiger partial charge in [0.15, 0.2) is 0 Å². The van der Waals surface area contributed by atoms with E-state index in [1.807, 2.05) is 29.6 Å². The molecule has 0 radical (unpaired) electrons. The van der Waals surface area contributed by atoms with Gasteiger partial charge in [-0.25, -0.2) is 0 Å². The number of hydrazine groups is 1. The Morgan fingerprint density at radius 3 is 2.74 bits per heavy atom. The molecular weight excluding hydrogens is 276 g/mol. The summed E-state index contributed by atoms with van der Waals surface area (Å²) in [7, 11) is 1.72. The Labute approximate surface area is 124 Å². The fourth-order valence-corrected chi connectivity index (χ4v) is 5.39. The number of nitrogens with two attached hydrogens (primary N) is 1. The van der Waals surface area contributed by atoms with E-state index in [9.17, 15) is 0 Å². The normalized spacial score (nSPS) is 25.1. The molecule has 3 atom stereocenters. The summed E-state index contributed by atoms with van der Waals surface area (Å²) in [5, 5.41) is 1.06. The van der Waals surface area contributed by atoms with E-state index in [1.165, 1.54) is 17.1 Å². The number of aryl methyl sites for hydroxylation is 1. The van der Waals surface area contributed by atoms with Crippen LogP contribution in [0.15, 0.2) is 18.2 Å². The van der Waals surface area contributed by atoms with Gasteiger partial charge >= 0.3 is 0 Å². The summed E-state index contributed by atoms with van der Waals surface area (Å²) in [5.74, 6) is 9.17. The Kier molecular flexibility index (Phi) is 5.45. The average molecular weight is 298 g/mol. The maximum atomic E-state index is 5.84. The van der Waals surface area contributed by atoms with Crippen molar-refractivity contribution in [2.45, 2.75) is 30.4 Å². The molecule has 2 rings (SSSR count). The van der Waals surface area contributed by atoms with Gasteiger partial charge in [0.25, 0.3) is 0 Å². The molecule has 1 fully saturated rings. The number of ether oxygens (including phenoxy) is 1. The summed E-state index contributed by atoms with van der Waals surface area (Å²) in [6.07, 6.45) is 0. The summed E-state index contributed by atoms with van der Waals surface area (Å²) >= 11 is 4.03. The molecule has 19 heavy (non-hydrogen) atoms. The van der Waals surface area contributed by atoms with Crippen LogP contribution in [0.3, 0.4) is 0 Å². The van der Waals surface area contributed by atoms with E-state index in [2.05, 4.69) is 31.4 Å². The molecule has 1 saturated heterocycles. The third-order valence-electron chi connectivity index (χ3n) is 3.47. The highest BCUT2D eigenvalue weighted by atomic mass is 32.2. The quantitative estimate of drug-likeness (QED) is 0.661. The van der Waals surface area contributed by atoms with E-state index in [-0.39, 0.29) is 6.04 Å². The van der Waals surface area contributed by atoms with E-state index in [0.29, 0.717) is 10.5 Å². The van der Waals surface area contributed by atoms with E-state index < -0.39 is 0 Å². The van der Waals surface area contributed by atoms with Gasteiger partial charge in [0.1, 0.15) is 5.75 Å². The highest BCUT2D eigenvalue weighted by Gasteiger charge is 2.32. The molecule has 0 aromatic heterocycles. The van der Waals surface area contributed by atoms with Gasteiger partial charge in [-0.3, -0.25) is 11.3 Å². The second kappa shape index (κ2) is 6.88. The summed E-state index contributed by atoms with van der Waals surface area (Å²) in [5.41, 5.74) is 5.40. The molecular formula is C14H22N2OS2. The highest BCUT2D eigenvalue weighted by molar-refractivity contribution is 8.07. The van der Waals surface area contributed by atoms with Crippen LogP contribution in [0.2, 0.25) is 0 Å². The number of hydrogen-bond acceptors (Lipinski definition) is 5. The maximum absolute atomic E-state index is 5.84. The molecule has 1 aliphatic heterocycles. The highest BCUT2D eigenvalue weighted by Crippen LogP contribution is 2.40. The molecule has 1 aromatic carbocycles. The van der Waals surface area contributed by atoms with Crippen molar-refractivity contribution in [3.63, 3.8) is 0 Å². The Morgan fingerprint density at radius 2 is 2.11 bits per heavy atom. The van der Waals surface area contributed by atoms with Crippen molar-refractivity contribution in [3.05, 3.63) is 29.3 Å². The Bertz CT molecular complexity index is 428. The Morgan fingerprint density at radius 1 is 1.37 bits per heavy atom. The molecule has 0 bridgehead atoms. The lowest BCUT2D eigenvalue weighted by Crippen LogP contribution is -2.41. The number of methoxy groups -OCH3 is 1. The third kappa shape index (κ3) is 3.40. The molecule has 3 N–H and O–H groups in total. The maximum Gasteiger partial charge on any atom is 0.123 e. The average Bonchev–Trinajstić information content (AvgIpc) is 2.42. The summed E-state index contributed by atoms with van der Waals surface area (Å²) in [6.45, 7) is 4.39. The van der Waals surface area contributed by atoms with Crippen molar-refractivity contribution in [1.29, 1.82) is 0 Å². The molecule has 106 valence electrons. The molecule has 3 nitrogen and oxygen atoms in total. The molecule has 1 aromatic rings. The summed E-state index contributed by atoms with van der Waals surface area (Å²) < 4.78 is 5.50. The fourth-order valence-electron chi connectivity index (χ4n) is 2.47. The predicted octanol–water partition coefficient (Wildman–Crippen LogP) is 2.75. The van der Waals surface area contributed by atoms with Gasteiger partial charge in [-0.2, -0.15) is 23.5 Å². The second-order valence-corrected chi connectivity index (χ2v) is 7.57. The van der Waals surface area contributed by atoms with Crippen LogP contribution in [0.4, 0.5) is 0 Å². The van der Waals surface area contributed by atoms with E-state index in [0.717, 1.165) is 11.3 Å². The van der Waals surface area contributed by atoms with Gasteiger partial charge in [0.05, 0.1) is 13.2 Å². The first kappa shape index (κ1) is 15.0. The van der Waals surface area contributed by atoms with Crippen LogP contribution < -0.4 is 16.0 Å². The summed E-state index contributed by atoms with van der Waals surface area (Å²) in [4.78, 5) is 0. The molecule has 1 heterocycles. The lowest BCUT2D eigenvalue weighted by atomic mass is 9.99. The van der Waals surface area contributed by atoms with Crippen molar-refractivity contribution < 1.29 is 4.74 Å². The third-order valence-corrected chi connectivity index (χ3v) is 6.66. The minimum absolute atomic E-state index is 0.127. The standard InChI is InChI=1S/C14H22N2OS2/c1-9-4-5-12(17-3)11(8-9)13(16-15)14-10(2)18-6-7-19-14/h4-5,8,10,13-14,16H,6-7,15H2,1-3H3. The van der Waals surface area contributed by atoms with E-state index in [4.69, 9.17) is 10.6 Å². The van der Waals surface area contributed by atoms with Gasteiger partial charge in [0.2, 0.25) is 0 Å². The van der Waals surface area contributed by atoms with Crippen LogP contribution in [0.25, 0.3) is 0 Å². The van der Waals surface area contributed by atoms with Crippen LogP contribution in [0.1, 0.15) is 24.1 Å². The number of hydrogen-bond donors (Lipinski definition) is 2. The van der Waals surface area contributed by atoms with Gasteiger partial charge < -0.3 is 4.74 Å². The van der Waals surface area contributed by atoms with Crippen molar-refractivity contribution in [2.75, 3.05) is 18.6 Å². The van der Waals surface area contributed by atoms with Crippen LogP contribution in [-0.4, -0.2) is 29.1 Å². The number of benzene rings is 1. The topological polar surface area (TPSA) is 47.3 Å². The zero-order chi connectivity index (χ0) is 13.8. The van der Waals surface area contributed by atoms with Crippen LogP contribution in [-0.2, 0) is 0 Å². The van der Waals surface area contributed by atoms with Crippen molar-refractivity contribution in [3.8, 4) is 5.75 Å². The zero-order valence-corrected chi connectivity index (χ0v) is 13.3. The first-order valence-electron chi connectivity index (χ1n) is 6.51. The SMILES string of the molecule is COc1ccc(C)cc1C(NN)C1SCCSC1C. The monoisotopic (exact) mass is 298 g/mol. The number of rotatable bonds is 4. The van der Waals surface area contributed by atoms with Crippen molar-refractivity contribution in [1.82, 2.24) is 5.43 Å². The van der Waals surface area contributed by atoms with Crippen LogP contribution >= 0.6 is 23.5 Å². The molecule has 1 aliphatic rings. The van der Waals surface area contributed by atoms with Gasteiger partial charge in [-0.1, -0.05) is 24.6 Å². The first-order valence-corrected chi connectivity index (χ1v) is 8.61. The second-order valence-electron chi connectivity index (χ2n) is 4.80. The molecule has 0 amide bonds. The number of thioether (sulfide) groups is 2. The first-order chi connectivity index (χ1) is 9.17. The van der Waals surface area contributed by atoms with Gasteiger partial charge in [0, 0.05) is 27.6 Å². The largest absolute Gasteiger partial charge is 0.496 e. The minimum atomic E-state index is 0.127. The molecule has 0 saturated carbocycles. The molecule has 0 aliphatic carbocycles. The van der Waals surface area contributed by atoms with Crippen molar-refractivity contribution in [2.24, 2.45) is 5.84 Å². The lowest BCUT2D eigenvalue weighted by molar-refractivity contribution is 0.397. The molecule has 3 unspecified atom stereocenters. The molecule has 5 heteroatoms. The van der Waals surface area contributed by atoms with Gasteiger partial charge in [-0.15, -0.1) is 0 Å². The zero-order valence-electron chi connectivity index (χ0n) is 11.7. The van der Waals surface area contributed by atoms with Crippen LogP contribution in [0.5, 0.6) is 5.75 Å². The fraction of sp³-hybridized carbons (Fsp3) is 0.571. The smallest absolute Gasteiger partial charge is 0.123 e. The minimum Gasteiger partial charge on any atom is -0.496 e. The van der Waals surface area contributed by atoms with Gasteiger partial charge in [-0.05, 0) is 13.0 Å². The van der Waals surface area contributed by atoms with E-state index >= 15 is 0 Å². The number of nitrogens with one attached hydrogen (secondary N) is 1. The van der Waals surface area contributed by atoms with Crippen LogP contribution in [0, 0.1) is 6.92 Å². The van der Waals surface area contributed by atoms with E-state index in [1.54, 1.807) is 7.11 Å². The Hall–Kier alpha value is -0.360. The molecule has 0 spiro atoms. The Balaban J connectivity index is 2.32. The predicted molar refractivity (Wildman–Crippen MR) is 86.0 cm³/mol. The summed E-state index contributed by atoms with van der Waals surface area (Å²) in [6, 6.07) is 6.40. The lowest BCUT2D eigenvalue weighted by Gasteiger charge is -2.35. The van der Waals surface area contributed by atoms with Crippen molar-refractivity contribution >= 4 is 23.5 Å².